The van der Waals surface area contributed by atoms with Crippen LogP contribution >= 0.6 is 27.5 Å². The summed E-state index contributed by atoms with van der Waals surface area (Å²) in [5, 5.41) is 4.11. The van der Waals surface area contributed by atoms with E-state index in [9.17, 15) is 4.79 Å². The maximum absolute atomic E-state index is 12.3. The van der Waals surface area contributed by atoms with Crippen molar-refractivity contribution in [3.63, 3.8) is 0 Å². The van der Waals surface area contributed by atoms with Gasteiger partial charge in [0.2, 0.25) is 0 Å². The molecule has 3 rings (SSSR count). The first-order valence-corrected chi connectivity index (χ1v) is 7.01. The van der Waals surface area contributed by atoms with E-state index in [1.807, 2.05) is 6.07 Å². The van der Waals surface area contributed by atoms with Gasteiger partial charge in [-0.3, -0.25) is 4.79 Å². The maximum Gasteiger partial charge on any atom is 0.257 e. The summed E-state index contributed by atoms with van der Waals surface area (Å²) < 4.78 is 0.800. The number of hydrogen-bond acceptors (Lipinski definition) is 2. The number of fused-ring (bicyclic) bond motifs is 1. The highest BCUT2D eigenvalue weighted by molar-refractivity contribution is 9.10. The summed E-state index contributed by atoms with van der Waals surface area (Å²) in [6.45, 7) is 0. The SMILES string of the molecule is O=C(Nc1ccnc2[nH]ccc12)c1cc(Br)ccc1Cl. The van der Waals surface area contributed by atoms with E-state index in [2.05, 4.69) is 31.2 Å². The molecule has 0 aliphatic rings. The number of amides is 1. The van der Waals surface area contributed by atoms with Gasteiger partial charge in [0.05, 0.1) is 16.3 Å². The van der Waals surface area contributed by atoms with Gasteiger partial charge in [-0.15, -0.1) is 0 Å². The zero-order valence-corrected chi connectivity index (χ0v) is 12.5. The average Bonchev–Trinajstić information content (AvgIpc) is 2.91. The number of anilines is 1. The Kier molecular flexibility index (Phi) is 3.46. The Balaban J connectivity index is 1.96. The van der Waals surface area contributed by atoms with Crippen LogP contribution in [-0.2, 0) is 0 Å². The molecular weight excluding hydrogens is 342 g/mol. The number of nitrogens with one attached hydrogen (secondary N) is 2. The number of carbonyl (C=O) groups is 1. The summed E-state index contributed by atoms with van der Waals surface area (Å²) in [4.78, 5) is 19.5. The van der Waals surface area contributed by atoms with Gasteiger partial charge in [0.15, 0.2) is 0 Å². The normalized spacial score (nSPS) is 10.7. The van der Waals surface area contributed by atoms with Gasteiger partial charge in [0.25, 0.3) is 5.91 Å². The lowest BCUT2D eigenvalue weighted by Crippen LogP contribution is -2.12. The monoisotopic (exact) mass is 349 g/mol. The zero-order chi connectivity index (χ0) is 14.1. The van der Waals surface area contributed by atoms with Crippen LogP contribution in [0.2, 0.25) is 5.02 Å². The van der Waals surface area contributed by atoms with Crippen molar-refractivity contribution in [2.24, 2.45) is 0 Å². The van der Waals surface area contributed by atoms with Crippen molar-refractivity contribution in [1.29, 1.82) is 0 Å². The van der Waals surface area contributed by atoms with E-state index < -0.39 is 0 Å². The third kappa shape index (κ3) is 2.42. The number of rotatable bonds is 2. The number of aromatic nitrogens is 2. The maximum atomic E-state index is 12.3. The smallest absolute Gasteiger partial charge is 0.257 e. The number of H-pyrrole nitrogens is 1. The number of hydrogen-bond donors (Lipinski definition) is 2. The Morgan fingerprint density at radius 2 is 2.15 bits per heavy atom. The van der Waals surface area contributed by atoms with Crippen LogP contribution in [0.25, 0.3) is 11.0 Å². The molecule has 0 saturated carbocycles. The van der Waals surface area contributed by atoms with Crippen LogP contribution in [0.5, 0.6) is 0 Å². The first-order valence-electron chi connectivity index (χ1n) is 5.83. The number of carbonyl (C=O) groups excluding carboxylic acids is 1. The predicted molar refractivity (Wildman–Crippen MR) is 83.2 cm³/mol. The molecule has 6 heteroatoms. The van der Waals surface area contributed by atoms with Crippen LogP contribution in [0.1, 0.15) is 10.4 Å². The summed E-state index contributed by atoms with van der Waals surface area (Å²) in [7, 11) is 0. The lowest BCUT2D eigenvalue weighted by atomic mass is 10.2. The number of nitrogens with zero attached hydrogens (tertiary/aromatic N) is 1. The van der Waals surface area contributed by atoms with Crippen molar-refractivity contribution in [3.05, 3.63) is 57.8 Å². The third-order valence-electron chi connectivity index (χ3n) is 2.88. The Labute approximate surface area is 128 Å². The van der Waals surface area contributed by atoms with Crippen molar-refractivity contribution in [2.45, 2.75) is 0 Å². The highest BCUT2D eigenvalue weighted by Crippen LogP contribution is 2.24. The number of halogens is 2. The quantitative estimate of drug-likeness (QED) is 0.726. The molecule has 1 amide bonds. The van der Waals surface area contributed by atoms with Crippen molar-refractivity contribution >= 4 is 50.2 Å². The van der Waals surface area contributed by atoms with E-state index >= 15 is 0 Å². The second-order valence-corrected chi connectivity index (χ2v) is 5.50. The van der Waals surface area contributed by atoms with Crippen molar-refractivity contribution in [3.8, 4) is 0 Å². The molecule has 0 aliphatic heterocycles. The third-order valence-corrected chi connectivity index (χ3v) is 3.70. The molecule has 0 fully saturated rings. The van der Waals surface area contributed by atoms with E-state index in [0.717, 1.165) is 15.5 Å². The molecule has 0 radical (unpaired) electrons. The molecular formula is C14H9BrClN3O. The first kappa shape index (κ1) is 13.1. The van der Waals surface area contributed by atoms with Gasteiger partial charge in [0, 0.05) is 22.3 Å². The number of benzene rings is 1. The molecule has 1 aromatic carbocycles. The summed E-state index contributed by atoms with van der Waals surface area (Å²) >= 11 is 9.38. The standard InChI is InChI=1S/C14H9BrClN3O/c15-8-1-2-11(16)10(7-8)14(20)19-12-4-6-18-13-9(12)3-5-17-13/h1-7H,(H2,17,18,19,20). The lowest BCUT2D eigenvalue weighted by molar-refractivity contribution is 0.102. The van der Waals surface area contributed by atoms with E-state index in [4.69, 9.17) is 11.6 Å². The molecule has 0 atom stereocenters. The molecule has 0 bridgehead atoms. The minimum Gasteiger partial charge on any atom is -0.346 e. The summed E-state index contributed by atoms with van der Waals surface area (Å²) in [5.74, 6) is -0.259. The molecule has 0 unspecified atom stereocenters. The Bertz CT molecular complexity index is 800. The Hall–Kier alpha value is -1.85. The summed E-state index contributed by atoms with van der Waals surface area (Å²) in [6.07, 6.45) is 3.41. The number of aromatic amines is 1. The average molecular weight is 351 g/mol. The molecule has 4 nitrogen and oxygen atoms in total. The topological polar surface area (TPSA) is 57.8 Å². The van der Waals surface area contributed by atoms with Crippen LogP contribution < -0.4 is 5.32 Å². The molecule has 100 valence electrons. The van der Waals surface area contributed by atoms with Gasteiger partial charge in [-0.05, 0) is 30.3 Å². The largest absolute Gasteiger partial charge is 0.346 e. The van der Waals surface area contributed by atoms with Crippen LogP contribution in [0.15, 0.2) is 47.2 Å². The molecule has 20 heavy (non-hydrogen) atoms. The molecule has 0 saturated heterocycles. The minimum absolute atomic E-state index is 0.259. The van der Waals surface area contributed by atoms with Gasteiger partial charge < -0.3 is 10.3 Å². The van der Waals surface area contributed by atoms with Crippen LogP contribution in [0.4, 0.5) is 5.69 Å². The van der Waals surface area contributed by atoms with E-state index in [1.54, 1.807) is 36.7 Å². The molecule has 2 N–H and O–H groups in total. The summed E-state index contributed by atoms with van der Waals surface area (Å²) in [6, 6.07) is 8.77. The van der Waals surface area contributed by atoms with Gasteiger partial charge in [0.1, 0.15) is 5.65 Å². The highest BCUT2D eigenvalue weighted by Gasteiger charge is 2.13. The molecule has 0 aliphatic carbocycles. The predicted octanol–water partition coefficient (Wildman–Crippen LogP) is 4.23. The van der Waals surface area contributed by atoms with E-state index in [1.165, 1.54) is 0 Å². The van der Waals surface area contributed by atoms with Crippen molar-refractivity contribution in [1.82, 2.24) is 9.97 Å². The van der Waals surface area contributed by atoms with E-state index in [-0.39, 0.29) is 5.91 Å². The Morgan fingerprint density at radius 3 is 3.00 bits per heavy atom. The molecule has 2 aromatic heterocycles. The van der Waals surface area contributed by atoms with Gasteiger partial charge in [-0.2, -0.15) is 0 Å². The number of pyridine rings is 1. The fourth-order valence-corrected chi connectivity index (χ4v) is 2.50. The lowest BCUT2D eigenvalue weighted by Gasteiger charge is -2.08. The van der Waals surface area contributed by atoms with Crippen LogP contribution in [-0.4, -0.2) is 15.9 Å². The molecule has 3 aromatic rings. The minimum atomic E-state index is -0.259. The van der Waals surface area contributed by atoms with Crippen molar-refractivity contribution < 1.29 is 4.79 Å². The fourth-order valence-electron chi connectivity index (χ4n) is 1.93. The Morgan fingerprint density at radius 1 is 1.30 bits per heavy atom. The van der Waals surface area contributed by atoms with Gasteiger partial charge in [-0.1, -0.05) is 27.5 Å². The highest BCUT2D eigenvalue weighted by atomic mass is 79.9. The van der Waals surface area contributed by atoms with Crippen LogP contribution in [0, 0.1) is 0 Å². The van der Waals surface area contributed by atoms with Crippen LogP contribution in [0.3, 0.4) is 0 Å². The van der Waals surface area contributed by atoms with E-state index in [0.29, 0.717) is 16.3 Å². The molecule has 0 spiro atoms. The molecule has 2 heterocycles. The van der Waals surface area contributed by atoms with Gasteiger partial charge >= 0.3 is 0 Å². The fraction of sp³-hybridized carbons (Fsp3) is 0. The first-order chi connectivity index (χ1) is 9.65. The second-order valence-electron chi connectivity index (χ2n) is 4.18. The second kappa shape index (κ2) is 5.26. The van der Waals surface area contributed by atoms with Gasteiger partial charge in [-0.25, -0.2) is 4.98 Å². The zero-order valence-electron chi connectivity index (χ0n) is 10.2. The van der Waals surface area contributed by atoms with Crippen molar-refractivity contribution in [2.75, 3.05) is 5.32 Å². The summed E-state index contributed by atoms with van der Waals surface area (Å²) in [5.41, 5.74) is 1.84.